The zero-order valence-corrected chi connectivity index (χ0v) is 8.49. The summed E-state index contributed by atoms with van der Waals surface area (Å²) in [6.07, 6.45) is 0.508. The average molecular weight is 207 g/mol. The second kappa shape index (κ2) is 3.81. The van der Waals surface area contributed by atoms with E-state index in [1.54, 1.807) is 12.1 Å². The van der Waals surface area contributed by atoms with Crippen molar-refractivity contribution in [2.45, 2.75) is 12.3 Å². The van der Waals surface area contributed by atoms with Gasteiger partial charge in [0.05, 0.1) is 7.11 Å². The molecule has 4 nitrogen and oxygen atoms in total. The molecule has 2 N–H and O–H groups in total. The minimum atomic E-state index is 0.0760. The number of hydrogen-bond acceptors (Lipinski definition) is 3. The van der Waals surface area contributed by atoms with E-state index in [1.807, 2.05) is 6.07 Å². The van der Waals surface area contributed by atoms with Crippen molar-refractivity contribution < 1.29 is 14.6 Å². The summed E-state index contributed by atoms with van der Waals surface area (Å²) in [7, 11) is 1.51. The van der Waals surface area contributed by atoms with Crippen LogP contribution in [0.4, 0.5) is 0 Å². The first-order valence-corrected chi connectivity index (χ1v) is 4.84. The van der Waals surface area contributed by atoms with Crippen molar-refractivity contribution in [1.29, 1.82) is 0 Å². The van der Waals surface area contributed by atoms with E-state index in [9.17, 15) is 9.90 Å². The minimum absolute atomic E-state index is 0.0760. The molecule has 1 aliphatic rings. The molecule has 1 aliphatic heterocycles. The van der Waals surface area contributed by atoms with Crippen LogP contribution in [0.25, 0.3) is 0 Å². The molecular weight excluding hydrogens is 194 g/mol. The van der Waals surface area contributed by atoms with E-state index in [0.29, 0.717) is 18.7 Å². The van der Waals surface area contributed by atoms with Gasteiger partial charge >= 0.3 is 0 Å². The highest BCUT2D eigenvalue weighted by Gasteiger charge is 2.23. The molecule has 15 heavy (non-hydrogen) atoms. The van der Waals surface area contributed by atoms with Crippen LogP contribution in [-0.4, -0.2) is 24.7 Å². The van der Waals surface area contributed by atoms with Crippen LogP contribution >= 0.6 is 0 Å². The van der Waals surface area contributed by atoms with Crippen LogP contribution in [0.5, 0.6) is 11.5 Å². The summed E-state index contributed by atoms with van der Waals surface area (Å²) >= 11 is 0. The first kappa shape index (κ1) is 9.83. The van der Waals surface area contributed by atoms with Crippen molar-refractivity contribution in [2.24, 2.45) is 0 Å². The summed E-state index contributed by atoms with van der Waals surface area (Å²) < 4.78 is 5.02. The van der Waals surface area contributed by atoms with Gasteiger partial charge in [0.2, 0.25) is 5.91 Å². The summed E-state index contributed by atoms with van der Waals surface area (Å²) in [5.74, 6) is 0.837. The number of rotatable bonds is 2. The highest BCUT2D eigenvalue weighted by atomic mass is 16.5. The lowest BCUT2D eigenvalue weighted by atomic mass is 9.98. The molecule has 0 spiro atoms. The number of carbonyl (C=O) groups excluding carboxylic acids is 1. The first-order chi connectivity index (χ1) is 7.20. The molecular formula is C11H13NO3. The van der Waals surface area contributed by atoms with Gasteiger partial charge in [-0.2, -0.15) is 0 Å². The van der Waals surface area contributed by atoms with Gasteiger partial charge in [0.15, 0.2) is 11.5 Å². The summed E-state index contributed by atoms with van der Waals surface area (Å²) in [5.41, 5.74) is 1.02. The molecule has 1 fully saturated rings. The van der Waals surface area contributed by atoms with Gasteiger partial charge < -0.3 is 15.2 Å². The van der Waals surface area contributed by atoms with E-state index >= 15 is 0 Å². The lowest BCUT2D eigenvalue weighted by Gasteiger charge is -2.10. The van der Waals surface area contributed by atoms with Crippen LogP contribution in [0.2, 0.25) is 0 Å². The van der Waals surface area contributed by atoms with Crippen molar-refractivity contribution >= 4 is 5.91 Å². The van der Waals surface area contributed by atoms with Crippen LogP contribution in [0.15, 0.2) is 18.2 Å². The molecule has 2 rings (SSSR count). The summed E-state index contributed by atoms with van der Waals surface area (Å²) in [6.45, 7) is 0.659. The van der Waals surface area contributed by atoms with Gasteiger partial charge in [0.25, 0.3) is 0 Å². The Morgan fingerprint density at radius 3 is 2.93 bits per heavy atom. The Bertz CT molecular complexity index is 389. The van der Waals surface area contributed by atoms with Crippen LogP contribution in [0, 0.1) is 0 Å². The minimum Gasteiger partial charge on any atom is -0.504 e. The number of nitrogens with one attached hydrogen (secondary N) is 1. The van der Waals surface area contributed by atoms with Crippen molar-refractivity contribution in [3.63, 3.8) is 0 Å². The zero-order chi connectivity index (χ0) is 10.8. The van der Waals surface area contributed by atoms with E-state index < -0.39 is 0 Å². The topological polar surface area (TPSA) is 58.6 Å². The van der Waals surface area contributed by atoms with E-state index in [4.69, 9.17) is 4.74 Å². The predicted octanol–water partition coefficient (Wildman–Crippen LogP) is 1.00. The average Bonchev–Trinajstić information content (AvgIpc) is 2.66. The lowest BCUT2D eigenvalue weighted by molar-refractivity contribution is -0.119. The Kier molecular flexibility index (Phi) is 2.49. The summed E-state index contributed by atoms with van der Waals surface area (Å²) in [4.78, 5) is 11.1. The van der Waals surface area contributed by atoms with Gasteiger partial charge in [-0.1, -0.05) is 6.07 Å². The van der Waals surface area contributed by atoms with Crippen molar-refractivity contribution in [2.75, 3.05) is 13.7 Å². The third-order valence-electron chi connectivity index (χ3n) is 2.65. The molecule has 1 amide bonds. The van der Waals surface area contributed by atoms with E-state index in [-0.39, 0.29) is 17.6 Å². The molecule has 1 aromatic rings. The number of hydrogen-bond donors (Lipinski definition) is 2. The molecule has 0 bridgehead atoms. The molecule has 1 atom stereocenters. The Morgan fingerprint density at radius 2 is 2.33 bits per heavy atom. The molecule has 1 unspecified atom stereocenters. The monoisotopic (exact) mass is 207 g/mol. The first-order valence-electron chi connectivity index (χ1n) is 4.84. The second-order valence-electron chi connectivity index (χ2n) is 3.64. The number of amides is 1. The largest absolute Gasteiger partial charge is 0.504 e. The Hall–Kier alpha value is -1.71. The maximum Gasteiger partial charge on any atom is 0.220 e. The normalized spacial score (nSPS) is 20.1. The molecule has 0 aromatic heterocycles. The number of aromatic hydroxyl groups is 1. The Balaban J connectivity index is 2.25. The van der Waals surface area contributed by atoms with Crippen molar-refractivity contribution in [3.8, 4) is 11.5 Å². The smallest absolute Gasteiger partial charge is 0.220 e. The molecule has 1 aromatic carbocycles. The molecule has 0 aliphatic carbocycles. The highest BCUT2D eigenvalue weighted by Crippen LogP contribution is 2.31. The zero-order valence-electron chi connectivity index (χ0n) is 8.49. The van der Waals surface area contributed by atoms with Gasteiger partial charge in [-0.05, 0) is 17.7 Å². The molecule has 1 saturated heterocycles. The van der Waals surface area contributed by atoms with Crippen LogP contribution in [-0.2, 0) is 4.79 Å². The SMILES string of the molecule is COc1cc(C2CNC(=O)C2)ccc1O. The van der Waals surface area contributed by atoms with Crippen LogP contribution < -0.4 is 10.1 Å². The van der Waals surface area contributed by atoms with Gasteiger partial charge in [0.1, 0.15) is 0 Å². The van der Waals surface area contributed by atoms with E-state index in [0.717, 1.165) is 5.56 Å². The number of ether oxygens (including phenoxy) is 1. The third kappa shape index (κ3) is 1.88. The highest BCUT2D eigenvalue weighted by molar-refractivity contribution is 5.79. The van der Waals surface area contributed by atoms with Crippen molar-refractivity contribution in [3.05, 3.63) is 23.8 Å². The van der Waals surface area contributed by atoms with Crippen molar-refractivity contribution in [1.82, 2.24) is 5.32 Å². The maximum absolute atomic E-state index is 11.1. The molecule has 80 valence electrons. The number of carbonyl (C=O) groups is 1. The maximum atomic E-state index is 11.1. The van der Waals surface area contributed by atoms with E-state index in [1.165, 1.54) is 7.11 Å². The summed E-state index contributed by atoms with van der Waals surface area (Å²) in [5, 5.41) is 12.2. The molecule has 0 saturated carbocycles. The number of benzene rings is 1. The molecule has 4 heteroatoms. The number of phenols is 1. The fourth-order valence-corrected chi connectivity index (χ4v) is 1.79. The fraction of sp³-hybridized carbons (Fsp3) is 0.364. The quantitative estimate of drug-likeness (QED) is 0.760. The predicted molar refractivity (Wildman–Crippen MR) is 55.0 cm³/mol. The van der Waals surface area contributed by atoms with Gasteiger partial charge in [-0.3, -0.25) is 4.79 Å². The molecule has 0 radical (unpaired) electrons. The number of phenolic OH excluding ortho intramolecular Hbond substituents is 1. The Labute approximate surface area is 87.9 Å². The molecule has 1 heterocycles. The fourth-order valence-electron chi connectivity index (χ4n) is 1.79. The van der Waals surface area contributed by atoms with Gasteiger partial charge in [-0.15, -0.1) is 0 Å². The number of methoxy groups -OCH3 is 1. The Morgan fingerprint density at radius 1 is 1.53 bits per heavy atom. The van der Waals surface area contributed by atoms with E-state index in [2.05, 4.69) is 5.32 Å². The standard InChI is InChI=1S/C11H13NO3/c1-15-10-4-7(2-3-9(10)13)8-5-11(14)12-6-8/h2-4,8,13H,5-6H2,1H3,(H,12,14). The van der Waals surface area contributed by atoms with Crippen LogP contribution in [0.1, 0.15) is 17.9 Å². The van der Waals surface area contributed by atoms with Gasteiger partial charge in [-0.25, -0.2) is 0 Å². The lowest BCUT2D eigenvalue weighted by Crippen LogP contribution is -2.13. The summed E-state index contributed by atoms with van der Waals surface area (Å²) in [6, 6.07) is 5.19. The van der Waals surface area contributed by atoms with Crippen LogP contribution in [0.3, 0.4) is 0 Å². The third-order valence-corrected chi connectivity index (χ3v) is 2.65. The second-order valence-corrected chi connectivity index (χ2v) is 3.64. The van der Waals surface area contributed by atoms with Gasteiger partial charge in [0, 0.05) is 18.9 Å².